The van der Waals surface area contributed by atoms with Gasteiger partial charge in [0, 0.05) is 6.04 Å². The van der Waals surface area contributed by atoms with Crippen LogP contribution in [0.5, 0.6) is 0 Å². The quantitative estimate of drug-likeness (QED) is 0.756. The van der Waals surface area contributed by atoms with Crippen LogP contribution in [0.25, 0.3) is 0 Å². The van der Waals surface area contributed by atoms with Gasteiger partial charge in [0.25, 0.3) is 0 Å². The van der Waals surface area contributed by atoms with E-state index in [1.54, 1.807) is 12.1 Å². The van der Waals surface area contributed by atoms with Crippen molar-refractivity contribution in [2.45, 2.75) is 53.0 Å². The first-order chi connectivity index (χ1) is 8.69. The van der Waals surface area contributed by atoms with Crippen LogP contribution in [0.4, 0.5) is 10.1 Å². The van der Waals surface area contributed by atoms with Crippen molar-refractivity contribution < 1.29 is 4.39 Å². The van der Waals surface area contributed by atoms with E-state index in [1.807, 2.05) is 0 Å². The number of hydrogen-bond acceptors (Lipinski definition) is 1. The number of hydrogen-bond donors (Lipinski definition) is 1. The van der Waals surface area contributed by atoms with Gasteiger partial charge in [-0.1, -0.05) is 45.4 Å². The van der Waals surface area contributed by atoms with E-state index in [9.17, 15) is 4.39 Å². The average molecular weight is 284 g/mol. The summed E-state index contributed by atoms with van der Waals surface area (Å²) in [5, 5.41) is 3.78. The van der Waals surface area contributed by atoms with Gasteiger partial charge in [-0.25, -0.2) is 4.39 Å². The number of para-hydroxylation sites is 1. The summed E-state index contributed by atoms with van der Waals surface area (Å²) in [6, 6.07) is 5.09. The molecule has 1 N–H and O–H groups in total. The summed E-state index contributed by atoms with van der Waals surface area (Å²) in [6.45, 7) is 9.13. The highest BCUT2D eigenvalue weighted by molar-refractivity contribution is 6.33. The molecular formula is C16H23ClFN. The minimum absolute atomic E-state index is 0.270. The lowest BCUT2D eigenvalue weighted by Gasteiger charge is -2.45. The maximum absolute atomic E-state index is 13.8. The summed E-state index contributed by atoms with van der Waals surface area (Å²) in [7, 11) is 0. The van der Waals surface area contributed by atoms with Crippen molar-refractivity contribution >= 4 is 17.3 Å². The third kappa shape index (κ3) is 3.62. The average Bonchev–Trinajstić information content (AvgIpc) is 2.19. The van der Waals surface area contributed by atoms with Gasteiger partial charge in [-0.3, -0.25) is 0 Å². The van der Waals surface area contributed by atoms with Crippen LogP contribution in [0.2, 0.25) is 5.02 Å². The fourth-order valence-corrected chi connectivity index (χ4v) is 4.01. The van der Waals surface area contributed by atoms with Crippen LogP contribution in [0.3, 0.4) is 0 Å². The van der Waals surface area contributed by atoms with Gasteiger partial charge in [0.1, 0.15) is 5.82 Å². The molecule has 0 spiro atoms. The van der Waals surface area contributed by atoms with Crippen molar-refractivity contribution in [2.24, 2.45) is 10.8 Å². The predicted octanol–water partition coefficient (Wildman–Crippen LogP) is 5.50. The highest BCUT2D eigenvalue weighted by Crippen LogP contribution is 2.46. The van der Waals surface area contributed by atoms with Crippen molar-refractivity contribution in [1.82, 2.24) is 0 Å². The van der Waals surface area contributed by atoms with E-state index in [0.29, 0.717) is 10.7 Å². The Morgan fingerprint density at radius 2 is 1.74 bits per heavy atom. The third-order valence-corrected chi connectivity index (χ3v) is 4.18. The standard InChI is InChI=1S/C16H23ClFN/c1-15(2)8-11(9-16(3,4)10-15)19-14-12(17)6-5-7-13(14)18/h5-7,11,19H,8-10H2,1-4H3. The fourth-order valence-electron chi connectivity index (χ4n) is 3.79. The van der Waals surface area contributed by atoms with Crippen molar-refractivity contribution in [3.05, 3.63) is 29.0 Å². The molecule has 1 aromatic carbocycles. The number of anilines is 1. The summed E-state index contributed by atoms with van der Waals surface area (Å²) < 4.78 is 13.8. The SMILES string of the molecule is CC1(C)CC(Nc2c(F)cccc2Cl)CC(C)(C)C1. The molecular weight excluding hydrogens is 261 g/mol. The van der Waals surface area contributed by atoms with Crippen LogP contribution in [0.15, 0.2) is 18.2 Å². The minimum atomic E-state index is -0.270. The lowest BCUT2D eigenvalue weighted by molar-refractivity contribution is 0.105. The fraction of sp³-hybridized carbons (Fsp3) is 0.625. The van der Waals surface area contributed by atoms with Crippen molar-refractivity contribution in [3.8, 4) is 0 Å². The Kier molecular flexibility index (Phi) is 3.83. The minimum Gasteiger partial charge on any atom is -0.379 e. The third-order valence-electron chi connectivity index (χ3n) is 3.87. The zero-order valence-electron chi connectivity index (χ0n) is 12.2. The van der Waals surface area contributed by atoms with E-state index in [0.717, 1.165) is 12.8 Å². The Morgan fingerprint density at radius 3 is 2.26 bits per heavy atom. The molecule has 1 aromatic rings. The lowest BCUT2D eigenvalue weighted by atomic mass is 9.63. The summed E-state index contributed by atoms with van der Waals surface area (Å²) in [5.74, 6) is -0.270. The molecule has 0 saturated heterocycles. The van der Waals surface area contributed by atoms with E-state index in [1.165, 1.54) is 12.5 Å². The predicted molar refractivity (Wildman–Crippen MR) is 80.2 cm³/mol. The van der Waals surface area contributed by atoms with Crippen molar-refractivity contribution in [1.29, 1.82) is 0 Å². The van der Waals surface area contributed by atoms with Gasteiger partial charge in [-0.2, -0.15) is 0 Å². The summed E-state index contributed by atoms with van der Waals surface area (Å²) in [6.07, 6.45) is 3.28. The van der Waals surface area contributed by atoms with E-state index >= 15 is 0 Å². The summed E-state index contributed by atoms with van der Waals surface area (Å²) in [4.78, 5) is 0. The molecule has 0 aromatic heterocycles. The zero-order chi connectivity index (χ0) is 14.3. The Balaban J connectivity index is 2.19. The molecule has 19 heavy (non-hydrogen) atoms. The second-order valence-corrected chi connectivity index (χ2v) is 7.76. The molecule has 1 nitrogen and oxygen atoms in total. The molecule has 0 bridgehead atoms. The second kappa shape index (κ2) is 4.97. The molecule has 1 saturated carbocycles. The monoisotopic (exact) mass is 283 g/mol. The molecule has 1 fully saturated rings. The largest absolute Gasteiger partial charge is 0.379 e. The Bertz CT molecular complexity index is 432. The molecule has 0 atom stereocenters. The Labute approximate surface area is 120 Å². The van der Waals surface area contributed by atoms with Gasteiger partial charge in [-0.15, -0.1) is 0 Å². The zero-order valence-corrected chi connectivity index (χ0v) is 12.9. The van der Waals surface area contributed by atoms with E-state index in [4.69, 9.17) is 11.6 Å². The molecule has 106 valence electrons. The van der Waals surface area contributed by atoms with Crippen LogP contribution in [0.1, 0.15) is 47.0 Å². The second-order valence-electron chi connectivity index (χ2n) is 7.35. The van der Waals surface area contributed by atoms with Crippen LogP contribution >= 0.6 is 11.6 Å². The van der Waals surface area contributed by atoms with Gasteiger partial charge in [0.05, 0.1) is 10.7 Å². The number of rotatable bonds is 2. The summed E-state index contributed by atoms with van der Waals surface area (Å²) >= 11 is 6.09. The topological polar surface area (TPSA) is 12.0 Å². The summed E-state index contributed by atoms with van der Waals surface area (Å²) in [5.41, 5.74) is 0.997. The van der Waals surface area contributed by atoms with Gasteiger partial charge in [0.2, 0.25) is 0 Å². The number of halogens is 2. The Hall–Kier alpha value is -0.760. The van der Waals surface area contributed by atoms with Crippen molar-refractivity contribution in [3.63, 3.8) is 0 Å². The van der Waals surface area contributed by atoms with Crippen molar-refractivity contribution in [2.75, 3.05) is 5.32 Å². The van der Waals surface area contributed by atoms with Crippen LogP contribution < -0.4 is 5.32 Å². The maximum atomic E-state index is 13.8. The van der Waals surface area contributed by atoms with Crippen LogP contribution in [-0.4, -0.2) is 6.04 Å². The molecule has 0 heterocycles. The molecule has 0 radical (unpaired) electrons. The van der Waals surface area contributed by atoms with Gasteiger partial charge >= 0.3 is 0 Å². The molecule has 0 amide bonds. The molecule has 3 heteroatoms. The first kappa shape index (κ1) is 14.6. The smallest absolute Gasteiger partial charge is 0.147 e. The van der Waals surface area contributed by atoms with Gasteiger partial charge < -0.3 is 5.32 Å². The molecule has 2 rings (SSSR count). The highest BCUT2D eigenvalue weighted by atomic mass is 35.5. The van der Waals surface area contributed by atoms with Gasteiger partial charge in [-0.05, 0) is 42.2 Å². The van der Waals surface area contributed by atoms with E-state index in [2.05, 4.69) is 33.0 Å². The molecule has 1 aliphatic rings. The number of nitrogens with one attached hydrogen (secondary N) is 1. The maximum Gasteiger partial charge on any atom is 0.147 e. The van der Waals surface area contributed by atoms with E-state index in [-0.39, 0.29) is 22.7 Å². The molecule has 0 unspecified atom stereocenters. The first-order valence-electron chi connectivity index (χ1n) is 6.89. The van der Waals surface area contributed by atoms with Gasteiger partial charge in [0.15, 0.2) is 0 Å². The van der Waals surface area contributed by atoms with Crippen LogP contribution in [-0.2, 0) is 0 Å². The number of benzene rings is 1. The molecule has 0 aliphatic heterocycles. The first-order valence-corrected chi connectivity index (χ1v) is 7.27. The lowest BCUT2D eigenvalue weighted by Crippen LogP contribution is -2.40. The highest BCUT2D eigenvalue weighted by Gasteiger charge is 2.38. The van der Waals surface area contributed by atoms with E-state index < -0.39 is 0 Å². The normalized spacial score (nSPS) is 22.2. The Morgan fingerprint density at radius 1 is 1.16 bits per heavy atom. The van der Waals surface area contributed by atoms with Crippen LogP contribution in [0, 0.1) is 16.6 Å². The molecule has 1 aliphatic carbocycles.